The fourth-order valence-electron chi connectivity index (χ4n) is 0.543. The van der Waals surface area contributed by atoms with Gasteiger partial charge in [-0.15, -0.1) is 0 Å². The van der Waals surface area contributed by atoms with Crippen LogP contribution in [0.25, 0.3) is 0 Å². The molecule has 0 aliphatic rings. The lowest BCUT2D eigenvalue weighted by Gasteiger charge is -2.10. The number of rotatable bonds is 3. The van der Waals surface area contributed by atoms with Crippen molar-refractivity contribution in [2.75, 3.05) is 0 Å². The van der Waals surface area contributed by atoms with E-state index in [0.29, 0.717) is 6.42 Å². The molecule has 2 heteroatoms. The van der Waals surface area contributed by atoms with Crippen molar-refractivity contribution in [3.63, 3.8) is 0 Å². The molecule has 0 aromatic rings. The molecule has 0 saturated carbocycles. The van der Waals surface area contributed by atoms with Gasteiger partial charge in [0.1, 0.15) is 0 Å². The molecule has 0 spiro atoms. The van der Waals surface area contributed by atoms with Crippen molar-refractivity contribution in [1.29, 1.82) is 0 Å². The third-order valence-electron chi connectivity index (χ3n) is 1.13. The van der Waals surface area contributed by atoms with Gasteiger partial charge in [-0.25, -0.2) is 8.78 Å². The molecule has 0 N–H and O–H groups in total. The van der Waals surface area contributed by atoms with Crippen molar-refractivity contribution in [2.24, 2.45) is 0 Å². The zero-order valence-electron chi connectivity index (χ0n) is 5.38. The van der Waals surface area contributed by atoms with E-state index in [9.17, 15) is 8.78 Å². The Morgan fingerprint density at radius 1 is 1.22 bits per heavy atom. The van der Waals surface area contributed by atoms with Gasteiger partial charge in [-0.05, 0) is 0 Å². The van der Waals surface area contributed by atoms with Crippen LogP contribution >= 0.6 is 0 Å². The summed E-state index contributed by atoms with van der Waals surface area (Å²) in [6.07, 6.45) is 0.575. The molecule has 0 saturated heterocycles. The molecule has 0 aromatic heterocycles. The molecule has 0 bridgehead atoms. The largest absolute Gasteiger partial charge is 0.247 e. The quantitative estimate of drug-likeness (QED) is 0.560. The third-order valence-corrected chi connectivity index (χ3v) is 1.13. The SMILES string of the molecule is C.CCCC(F)(F)CC. The van der Waals surface area contributed by atoms with Crippen LogP contribution < -0.4 is 0 Å². The van der Waals surface area contributed by atoms with Crippen molar-refractivity contribution >= 4 is 0 Å². The Morgan fingerprint density at radius 3 is 1.78 bits per heavy atom. The predicted molar refractivity (Wildman–Crippen MR) is 36.9 cm³/mol. The monoisotopic (exact) mass is 138 g/mol. The van der Waals surface area contributed by atoms with Gasteiger partial charge in [0.25, 0.3) is 0 Å². The third kappa shape index (κ3) is 5.74. The molecule has 0 radical (unpaired) electrons. The minimum atomic E-state index is -2.41. The molecular weight excluding hydrogens is 122 g/mol. The first-order valence-corrected chi connectivity index (χ1v) is 3.00. The van der Waals surface area contributed by atoms with Gasteiger partial charge in [0.05, 0.1) is 0 Å². The van der Waals surface area contributed by atoms with Crippen molar-refractivity contribution in [1.82, 2.24) is 0 Å². The first-order chi connectivity index (χ1) is 3.62. The number of hydrogen-bond acceptors (Lipinski definition) is 0. The average Bonchev–Trinajstić information content (AvgIpc) is 1.67. The zero-order valence-corrected chi connectivity index (χ0v) is 5.38. The Labute approximate surface area is 56.3 Å². The average molecular weight is 138 g/mol. The van der Waals surface area contributed by atoms with Gasteiger partial charge in [0.15, 0.2) is 0 Å². The van der Waals surface area contributed by atoms with Gasteiger partial charge in [0, 0.05) is 12.8 Å². The van der Waals surface area contributed by atoms with E-state index in [1.165, 1.54) is 6.92 Å². The summed E-state index contributed by atoms with van der Waals surface area (Å²) >= 11 is 0. The molecule has 58 valence electrons. The molecule has 0 rings (SSSR count). The van der Waals surface area contributed by atoms with Crippen molar-refractivity contribution in [2.45, 2.75) is 46.5 Å². The first kappa shape index (κ1) is 11.6. The van der Waals surface area contributed by atoms with Gasteiger partial charge < -0.3 is 0 Å². The molecule has 0 aromatic carbocycles. The van der Waals surface area contributed by atoms with Crippen molar-refractivity contribution in [3.8, 4) is 0 Å². The van der Waals surface area contributed by atoms with Crippen LogP contribution in [-0.4, -0.2) is 5.92 Å². The summed E-state index contributed by atoms with van der Waals surface area (Å²) in [5, 5.41) is 0. The summed E-state index contributed by atoms with van der Waals surface area (Å²) in [7, 11) is 0. The van der Waals surface area contributed by atoms with Gasteiger partial charge >= 0.3 is 0 Å². The van der Waals surface area contributed by atoms with Crippen LogP contribution in [0, 0.1) is 0 Å². The van der Waals surface area contributed by atoms with E-state index in [1.807, 2.05) is 0 Å². The van der Waals surface area contributed by atoms with E-state index in [-0.39, 0.29) is 20.3 Å². The Morgan fingerprint density at radius 2 is 1.67 bits per heavy atom. The lowest BCUT2D eigenvalue weighted by atomic mass is 10.1. The van der Waals surface area contributed by atoms with Crippen LogP contribution in [0.3, 0.4) is 0 Å². The molecular formula is C7H16F2. The van der Waals surface area contributed by atoms with E-state index in [4.69, 9.17) is 0 Å². The summed E-state index contributed by atoms with van der Waals surface area (Å²) in [5.74, 6) is -2.41. The second kappa shape index (κ2) is 4.71. The predicted octanol–water partition coefficient (Wildman–Crippen LogP) is 3.47. The minimum absolute atomic E-state index is 0. The van der Waals surface area contributed by atoms with Gasteiger partial charge in [-0.2, -0.15) is 0 Å². The number of alkyl halides is 2. The van der Waals surface area contributed by atoms with Crippen molar-refractivity contribution in [3.05, 3.63) is 0 Å². The summed E-state index contributed by atoms with van der Waals surface area (Å²) in [6.45, 7) is 3.28. The highest BCUT2D eigenvalue weighted by molar-refractivity contribution is 4.60. The summed E-state index contributed by atoms with van der Waals surface area (Å²) in [6, 6.07) is 0. The molecule has 0 nitrogen and oxygen atoms in total. The lowest BCUT2D eigenvalue weighted by molar-refractivity contribution is -0.0119. The molecule has 0 fully saturated rings. The van der Waals surface area contributed by atoms with E-state index in [1.54, 1.807) is 6.92 Å². The normalized spacial score (nSPS) is 10.7. The van der Waals surface area contributed by atoms with Crippen LogP contribution in [0.15, 0.2) is 0 Å². The first-order valence-electron chi connectivity index (χ1n) is 3.00. The molecule has 0 unspecified atom stereocenters. The highest BCUT2D eigenvalue weighted by atomic mass is 19.3. The number of halogens is 2. The lowest BCUT2D eigenvalue weighted by Crippen LogP contribution is -2.12. The highest BCUT2D eigenvalue weighted by Crippen LogP contribution is 2.22. The maximum atomic E-state index is 12.2. The highest BCUT2D eigenvalue weighted by Gasteiger charge is 2.23. The van der Waals surface area contributed by atoms with Crippen LogP contribution in [-0.2, 0) is 0 Å². The zero-order chi connectivity index (χ0) is 6.62. The summed E-state index contributed by atoms with van der Waals surface area (Å²) in [4.78, 5) is 0. The van der Waals surface area contributed by atoms with Gasteiger partial charge in [-0.1, -0.05) is 27.7 Å². The molecule has 0 amide bonds. The second-order valence-electron chi connectivity index (χ2n) is 1.96. The van der Waals surface area contributed by atoms with Crippen LogP contribution in [0.1, 0.15) is 40.5 Å². The Kier molecular flexibility index (Phi) is 6.09. The van der Waals surface area contributed by atoms with E-state index in [2.05, 4.69) is 0 Å². The Hall–Kier alpha value is -0.140. The molecule has 0 aliphatic carbocycles. The molecule has 0 heterocycles. The summed E-state index contributed by atoms with van der Waals surface area (Å²) < 4.78 is 24.3. The van der Waals surface area contributed by atoms with E-state index < -0.39 is 5.92 Å². The maximum absolute atomic E-state index is 12.2. The topological polar surface area (TPSA) is 0 Å². The van der Waals surface area contributed by atoms with Crippen LogP contribution in [0.2, 0.25) is 0 Å². The van der Waals surface area contributed by atoms with Gasteiger partial charge in [0.2, 0.25) is 5.92 Å². The minimum Gasteiger partial charge on any atom is -0.207 e. The fourth-order valence-corrected chi connectivity index (χ4v) is 0.543. The maximum Gasteiger partial charge on any atom is 0.247 e. The van der Waals surface area contributed by atoms with Gasteiger partial charge in [-0.3, -0.25) is 0 Å². The Balaban J connectivity index is 0. The fraction of sp³-hybridized carbons (Fsp3) is 1.00. The van der Waals surface area contributed by atoms with E-state index in [0.717, 1.165) is 0 Å². The van der Waals surface area contributed by atoms with E-state index >= 15 is 0 Å². The summed E-state index contributed by atoms with van der Waals surface area (Å²) in [5.41, 5.74) is 0. The second-order valence-corrected chi connectivity index (χ2v) is 1.96. The van der Waals surface area contributed by atoms with Crippen LogP contribution in [0.4, 0.5) is 8.78 Å². The number of hydrogen-bond donors (Lipinski definition) is 0. The van der Waals surface area contributed by atoms with Crippen LogP contribution in [0.5, 0.6) is 0 Å². The smallest absolute Gasteiger partial charge is 0.207 e. The van der Waals surface area contributed by atoms with Crippen molar-refractivity contribution < 1.29 is 8.78 Å². The molecule has 9 heavy (non-hydrogen) atoms. The molecule has 0 aliphatic heterocycles. The standard InChI is InChI=1S/C6H12F2.CH4/c1-3-5-6(7,8)4-2;/h3-5H2,1-2H3;1H4. The molecule has 0 atom stereocenters. The Bertz CT molecular complexity index is 59.9.